The molecule has 0 radical (unpaired) electrons. The maximum atomic E-state index is 13.4. The van der Waals surface area contributed by atoms with Gasteiger partial charge in [0.05, 0.1) is 6.04 Å². The van der Waals surface area contributed by atoms with Crippen molar-refractivity contribution in [2.24, 2.45) is 5.92 Å². The molecular weight excluding hydrogens is 455 g/mol. The smallest absolute Gasteiger partial charge is 0.261 e. The first-order valence-corrected chi connectivity index (χ1v) is 12.6. The lowest BCUT2D eigenvalue weighted by atomic mass is 9.87. The Hall–Kier alpha value is -3.67. The third kappa shape index (κ3) is 5.27. The van der Waals surface area contributed by atoms with Crippen LogP contribution in [0.15, 0.2) is 66.7 Å². The van der Waals surface area contributed by atoms with Gasteiger partial charge in [-0.25, -0.2) is 4.39 Å². The Labute approximate surface area is 211 Å². The molecule has 6 heteroatoms. The molecule has 5 rings (SSSR count). The summed E-state index contributed by atoms with van der Waals surface area (Å²) in [5.41, 5.74) is 5.16. The van der Waals surface area contributed by atoms with Gasteiger partial charge in [-0.3, -0.25) is 9.59 Å². The van der Waals surface area contributed by atoms with Crippen molar-refractivity contribution in [3.8, 4) is 5.75 Å². The molecule has 0 spiro atoms. The van der Waals surface area contributed by atoms with E-state index in [0.717, 1.165) is 36.0 Å². The lowest BCUT2D eigenvalue weighted by molar-refractivity contribution is -0.134. The highest BCUT2D eigenvalue weighted by atomic mass is 19.1. The Morgan fingerprint density at radius 3 is 2.64 bits per heavy atom. The SMILES string of the molecule is Cc1cccc([C@@H]2c3cc(O[C@@H](C)C(=O)NCc4cccc(F)c4)ccc3CCN2C(=O)C2CC2)c1. The highest BCUT2D eigenvalue weighted by Gasteiger charge is 2.39. The van der Waals surface area contributed by atoms with E-state index in [2.05, 4.69) is 30.4 Å². The number of carbonyl (C=O) groups excluding carboxylic acids is 2. The van der Waals surface area contributed by atoms with Crippen molar-refractivity contribution in [2.45, 2.75) is 51.8 Å². The van der Waals surface area contributed by atoms with E-state index in [9.17, 15) is 14.0 Å². The number of benzene rings is 3. The number of hydrogen-bond donors (Lipinski definition) is 1. The zero-order chi connectivity index (χ0) is 25.2. The maximum Gasteiger partial charge on any atom is 0.261 e. The molecule has 186 valence electrons. The van der Waals surface area contributed by atoms with Gasteiger partial charge in [0.2, 0.25) is 5.91 Å². The predicted octanol–water partition coefficient (Wildman–Crippen LogP) is 5.10. The molecule has 1 N–H and O–H groups in total. The van der Waals surface area contributed by atoms with Crippen LogP contribution in [0.5, 0.6) is 5.75 Å². The first-order chi connectivity index (χ1) is 17.4. The van der Waals surface area contributed by atoms with Crippen LogP contribution in [0.1, 0.15) is 53.6 Å². The predicted molar refractivity (Wildman–Crippen MR) is 136 cm³/mol. The summed E-state index contributed by atoms with van der Waals surface area (Å²) in [6.07, 6.45) is 1.99. The molecule has 0 unspecified atom stereocenters. The van der Waals surface area contributed by atoms with Crippen LogP contribution in [0, 0.1) is 18.7 Å². The third-order valence-corrected chi connectivity index (χ3v) is 6.95. The van der Waals surface area contributed by atoms with Crippen molar-refractivity contribution in [1.29, 1.82) is 0 Å². The first kappa shape index (κ1) is 24.0. The van der Waals surface area contributed by atoms with Gasteiger partial charge in [0, 0.05) is 19.0 Å². The molecule has 2 amide bonds. The Bertz CT molecular complexity index is 1290. The van der Waals surface area contributed by atoms with E-state index in [-0.39, 0.29) is 36.1 Å². The molecule has 0 bridgehead atoms. The average molecular weight is 487 g/mol. The Balaban J connectivity index is 1.36. The lowest BCUT2D eigenvalue weighted by Gasteiger charge is -2.38. The van der Waals surface area contributed by atoms with Gasteiger partial charge in [0.25, 0.3) is 5.91 Å². The van der Waals surface area contributed by atoms with Gasteiger partial charge in [-0.1, -0.05) is 48.0 Å². The molecule has 2 aliphatic rings. The van der Waals surface area contributed by atoms with E-state index in [1.165, 1.54) is 17.7 Å². The molecular formula is C30H31FN2O3. The number of nitrogens with zero attached hydrogens (tertiary/aromatic N) is 1. The molecule has 1 heterocycles. The molecule has 1 saturated carbocycles. The molecule has 5 nitrogen and oxygen atoms in total. The van der Waals surface area contributed by atoms with Gasteiger partial charge in [-0.2, -0.15) is 0 Å². The number of nitrogens with one attached hydrogen (secondary N) is 1. The summed E-state index contributed by atoms with van der Waals surface area (Å²) >= 11 is 0. The molecule has 0 aromatic heterocycles. The number of halogens is 1. The van der Waals surface area contributed by atoms with Crippen LogP contribution in [-0.2, 0) is 22.6 Å². The minimum absolute atomic E-state index is 0.139. The van der Waals surface area contributed by atoms with Crippen molar-refractivity contribution >= 4 is 11.8 Å². The van der Waals surface area contributed by atoms with Crippen LogP contribution >= 0.6 is 0 Å². The van der Waals surface area contributed by atoms with E-state index in [1.54, 1.807) is 19.1 Å². The summed E-state index contributed by atoms with van der Waals surface area (Å²) in [4.78, 5) is 27.9. The normalized spacial score (nSPS) is 17.8. The standard InChI is InChI=1S/C30H31FN2O3/c1-19-5-3-7-24(15-19)28-27-17-26(12-11-22(27)13-14-33(28)30(35)23-9-10-23)36-20(2)29(34)32-18-21-6-4-8-25(31)16-21/h3-8,11-12,15-17,20,23,28H,9-10,13-14,18H2,1-2H3,(H,32,34)/t20-,28+/m0/s1. The zero-order valence-electron chi connectivity index (χ0n) is 20.7. The fraction of sp³-hybridized carbons (Fsp3) is 0.333. The second-order valence-corrected chi connectivity index (χ2v) is 9.84. The molecule has 1 fully saturated rings. The molecule has 36 heavy (non-hydrogen) atoms. The highest BCUT2D eigenvalue weighted by Crippen LogP contribution is 2.41. The topological polar surface area (TPSA) is 58.6 Å². The summed E-state index contributed by atoms with van der Waals surface area (Å²) < 4.78 is 19.4. The molecule has 3 aromatic rings. The zero-order valence-corrected chi connectivity index (χ0v) is 20.7. The first-order valence-electron chi connectivity index (χ1n) is 12.6. The van der Waals surface area contributed by atoms with Crippen LogP contribution in [0.3, 0.4) is 0 Å². The maximum absolute atomic E-state index is 13.4. The summed E-state index contributed by atoms with van der Waals surface area (Å²) in [5.74, 6) is 0.333. The van der Waals surface area contributed by atoms with Crippen molar-refractivity contribution in [3.63, 3.8) is 0 Å². The average Bonchev–Trinajstić information content (AvgIpc) is 3.72. The number of hydrogen-bond acceptors (Lipinski definition) is 3. The number of carbonyl (C=O) groups is 2. The third-order valence-electron chi connectivity index (χ3n) is 6.95. The fourth-order valence-electron chi connectivity index (χ4n) is 4.91. The summed E-state index contributed by atoms with van der Waals surface area (Å²) in [5, 5.41) is 2.81. The second kappa shape index (κ2) is 10.1. The second-order valence-electron chi connectivity index (χ2n) is 9.84. The highest BCUT2D eigenvalue weighted by molar-refractivity contribution is 5.82. The monoisotopic (exact) mass is 486 g/mol. The molecule has 2 atom stereocenters. The van der Waals surface area contributed by atoms with E-state index in [0.29, 0.717) is 17.9 Å². The van der Waals surface area contributed by atoms with Gasteiger partial charge in [-0.15, -0.1) is 0 Å². The van der Waals surface area contributed by atoms with Gasteiger partial charge in [0.1, 0.15) is 11.6 Å². The Morgan fingerprint density at radius 1 is 1.08 bits per heavy atom. The van der Waals surface area contributed by atoms with Crippen LogP contribution in [0.2, 0.25) is 0 Å². The van der Waals surface area contributed by atoms with E-state index in [4.69, 9.17) is 4.74 Å². The van der Waals surface area contributed by atoms with Crippen LogP contribution in [0.4, 0.5) is 4.39 Å². The van der Waals surface area contributed by atoms with Crippen LogP contribution in [-0.4, -0.2) is 29.4 Å². The fourth-order valence-corrected chi connectivity index (χ4v) is 4.91. The summed E-state index contributed by atoms with van der Waals surface area (Å²) in [6.45, 7) is 4.67. The van der Waals surface area contributed by atoms with Crippen molar-refractivity contribution in [2.75, 3.05) is 6.54 Å². The number of amides is 2. The van der Waals surface area contributed by atoms with E-state index >= 15 is 0 Å². The van der Waals surface area contributed by atoms with E-state index < -0.39 is 6.10 Å². The van der Waals surface area contributed by atoms with Crippen molar-refractivity contribution in [1.82, 2.24) is 10.2 Å². The van der Waals surface area contributed by atoms with Crippen molar-refractivity contribution in [3.05, 3.63) is 100 Å². The number of ether oxygens (including phenoxy) is 1. The van der Waals surface area contributed by atoms with Crippen molar-refractivity contribution < 1.29 is 18.7 Å². The van der Waals surface area contributed by atoms with Gasteiger partial charge in [0.15, 0.2) is 6.10 Å². The summed E-state index contributed by atoms with van der Waals surface area (Å²) in [6, 6.07) is 20.2. The quantitative estimate of drug-likeness (QED) is 0.505. The minimum Gasteiger partial charge on any atom is -0.481 e. The van der Waals surface area contributed by atoms with Gasteiger partial charge >= 0.3 is 0 Å². The lowest BCUT2D eigenvalue weighted by Crippen LogP contribution is -2.41. The number of fused-ring (bicyclic) bond motifs is 1. The Kier molecular flexibility index (Phi) is 6.77. The van der Waals surface area contributed by atoms with Gasteiger partial charge < -0.3 is 15.0 Å². The molecule has 1 aliphatic heterocycles. The van der Waals surface area contributed by atoms with Crippen LogP contribution < -0.4 is 10.1 Å². The van der Waals surface area contributed by atoms with Crippen LogP contribution in [0.25, 0.3) is 0 Å². The molecule has 0 saturated heterocycles. The molecule has 1 aliphatic carbocycles. The molecule has 3 aromatic carbocycles. The van der Waals surface area contributed by atoms with Gasteiger partial charge in [-0.05, 0) is 79.6 Å². The number of rotatable bonds is 7. The van der Waals surface area contributed by atoms with E-state index in [1.807, 2.05) is 29.2 Å². The minimum atomic E-state index is -0.734. The number of aryl methyl sites for hydroxylation is 1. The largest absolute Gasteiger partial charge is 0.481 e. The Morgan fingerprint density at radius 2 is 1.89 bits per heavy atom. The summed E-state index contributed by atoms with van der Waals surface area (Å²) in [7, 11) is 0.